The van der Waals surface area contributed by atoms with Crippen LogP contribution in [0.15, 0.2) is 17.2 Å². The van der Waals surface area contributed by atoms with E-state index in [-0.39, 0.29) is 0 Å². The average Bonchev–Trinajstić information content (AvgIpc) is 2.27. The SMILES string of the molecule is C#CONc1cc(C)c(N=[NH+]B(F)F)cc1C. The van der Waals surface area contributed by atoms with E-state index >= 15 is 0 Å². The molecule has 7 heteroatoms. The molecule has 4 nitrogen and oxygen atoms in total. The van der Waals surface area contributed by atoms with E-state index in [9.17, 15) is 8.63 Å². The maximum atomic E-state index is 11.9. The van der Waals surface area contributed by atoms with Crippen molar-refractivity contribution in [3.05, 3.63) is 23.3 Å². The maximum absolute atomic E-state index is 11.9. The zero-order valence-electron chi connectivity index (χ0n) is 9.42. The first-order chi connectivity index (χ1) is 8.04. The molecule has 0 atom stereocenters. The van der Waals surface area contributed by atoms with Gasteiger partial charge in [-0.25, -0.2) is 14.1 Å². The standard InChI is InChI=1S/C10H10BF2N3O/c1-4-17-15-10-6-7(2)9(5-8(10)3)14-16-11(12)13/h1,5-6,15H,2-3H3/p+1. The number of nitrogens with one attached hydrogen (secondary N) is 2. The number of nitrogens with zero attached hydrogens (tertiary/aromatic N) is 1. The van der Waals surface area contributed by atoms with Gasteiger partial charge in [-0.1, -0.05) is 6.42 Å². The summed E-state index contributed by atoms with van der Waals surface area (Å²) in [6.45, 7) is 3.52. The average molecular weight is 238 g/mol. The lowest BCUT2D eigenvalue weighted by atomic mass is 10.1. The Labute approximate surface area is 98.2 Å². The van der Waals surface area contributed by atoms with Crippen molar-refractivity contribution in [1.82, 2.24) is 0 Å². The van der Waals surface area contributed by atoms with Gasteiger partial charge < -0.3 is 4.84 Å². The number of aryl methyl sites for hydroxylation is 2. The first kappa shape index (κ1) is 13.0. The van der Waals surface area contributed by atoms with Crippen molar-refractivity contribution in [1.29, 1.82) is 0 Å². The molecular formula is C10H11BF2N3O+. The molecule has 0 unspecified atom stereocenters. The third kappa shape index (κ3) is 3.76. The van der Waals surface area contributed by atoms with Crippen LogP contribution in [0.25, 0.3) is 0 Å². The fourth-order valence-corrected chi connectivity index (χ4v) is 1.23. The Hall–Kier alpha value is -2.10. The van der Waals surface area contributed by atoms with Gasteiger partial charge in [-0.3, -0.25) is 0 Å². The van der Waals surface area contributed by atoms with Crippen LogP contribution in [0.3, 0.4) is 0 Å². The summed E-state index contributed by atoms with van der Waals surface area (Å²) in [5.41, 5.74) is 5.14. The summed E-state index contributed by atoms with van der Waals surface area (Å²) < 4.78 is 23.9. The van der Waals surface area contributed by atoms with Crippen molar-refractivity contribution in [2.45, 2.75) is 13.8 Å². The number of hydrogen-bond acceptors (Lipinski definition) is 3. The molecule has 1 aromatic rings. The lowest BCUT2D eigenvalue weighted by Gasteiger charge is -2.08. The minimum absolute atomic E-state index is 0.439. The molecule has 17 heavy (non-hydrogen) atoms. The fraction of sp³-hybridized carbons (Fsp3) is 0.200. The molecule has 2 N–H and O–H groups in total. The summed E-state index contributed by atoms with van der Waals surface area (Å²) in [5, 5.41) is 5.28. The Balaban J connectivity index is 2.97. The molecular weight excluding hydrogens is 227 g/mol. The third-order valence-corrected chi connectivity index (χ3v) is 2.05. The second kappa shape index (κ2) is 5.84. The van der Waals surface area contributed by atoms with Gasteiger partial charge in [0.15, 0.2) is 0 Å². The Morgan fingerprint density at radius 2 is 2.12 bits per heavy atom. The molecule has 0 aliphatic carbocycles. The highest BCUT2D eigenvalue weighted by Gasteiger charge is 2.25. The van der Waals surface area contributed by atoms with Crippen molar-refractivity contribution in [3.8, 4) is 12.5 Å². The van der Waals surface area contributed by atoms with E-state index in [2.05, 4.69) is 15.4 Å². The normalized spacial score (nSPS) is 10.1. The Morgan fingerprint density at radius 3 is 2.71 bits per heavy atom. The number of terminal acetylenes is 1. The van der Waals surface area contributed by atoms with Gasteiger partial charge in [0.2, 0.25) is 0 Å². The topological polar surface area (TPSA) is 47.6 Å². The van der Waals surface area contributed by atoms with Crippen LogP contribution in [0.4, 0.5) is 20.0 Å². The van der Waals surface area contributed by atoms with Crippen LogP contribution in [0.5, 0.6) is 0 Å². The highest BCUT2D eigenvalue weighted by atomic mass is 19.2. The molecule has 1 aromatic carbocycles. The van der Waals surface area contributed by atoms with Gasteiger partial charge in [0.25, 0.3) is 0 Å². The molecule has 0 spiro atoms. The highest BCUT2D eigenvalue weighted by molar-refractivity contribution is 6.30. The zero-order chi connectivity index (χ0) is 12.8. The van der Waals surface area contributed by atoms with Gasteiger partial charge in [-0.15, -0.1) is 5.03 Å². The monoisotopic (exact) mass is 238 g/mol. The van der Waals surface area contributed by atoms with E-state index < -0.39 is 7.40 Å². The van der Waals surface area contributed by atoms with Crippen LogP contribution in [-0.2, 0) is 4.84 Å². The van der Waals surface area contributed by atoms with Gasteiger partial charge in [-0.05, 0) is 42.2 Å². The smallest absolute Gasteiger partial charge is 0.329 e. The molecule has 1 rings (SSSR count). The molecule has 0 bridgehead atoms. The van der Waals surface area contributed by atoms with Crippen molar-refractivity contribution in [3.63, 3.8) is 0 Å². The van der Waals surface area contributed by atoms with Crippen molar-refractivity contribution in [2.75, 3.05) is 5.48 Å². The lowest BCUT2D eigenvalue weighted by molar-refractivity contribution is -0.400. The quantitative estimate of drug-likeness (QED) is 0.359. The number of halogens is 2. The predicted octanol–water partition coefficient (Wildman–Crippen LogP) is 1.33. The number of rotatable bonds is 4. The predicted molar refractivity (Wildman–Crippen MR) is 60.5 cm³/mol. The van der Waals surface area contributed by atoms with E-state index in [0.29, 0.717) is 16.9 Å². The molecule has 0 saturated carbocycles. The summed E-state index contributed by atoms with van der Waals surface area (Å²) in [6, 6.07) is 3.35. The van der Waals surface area contributed by atoms with Crippen LogP contribution in [0.1, 0.15) is 11.1 Å². The summed E-state index contributed by atoms with van der Waals surface area (Å²) in [5.74, 6) is 0. The van der Waals surface area contributed by atoms with Gasteiger partial charge in [0, 0.05) is 0 Å². The molecule has 0 heterocycles. The van der Waals surface area contributed by atoms with Crippen molar-refractivity contribution >= 4 is 18.8 Å². The Morgan fingerprint density at radius 1 is 1.41 bits per heavy atom. The first-order valence-corrected chi connectivity index (χ1v) is 4.77. The molecule has 88 valence electrons. The summed E-state index contributed by atoms with van der Waals surface area (Å²) in [4.78, 5) is 4.60. The molecule has 0 aliphatic heterocycles. The van der Waals surface area contributed by atoms with Crippen LogP contribution < -0.4 is 10.5 Å². The lowest BCUT2D eigenvalue weighted by Crippen LogP contribution is -2.73. The van der Waals surface area contributed by atoms with Crippen LogP contribution >= 0.6 is 0 Å². The van der Waals surface area contributed by atoms with Crippen molar-refractivity contribution in [2.24, 2.45) is 5.11 Å². The molecule has 0 aliphatic rings. The van der Waals surface area contributed by atoms with Crippen LogP contribution in [0, 0.1) is 26.4 Å². The molecule has 0 saturated heterocycles. The summed E-state index contributed by atoms with van der Waals surface area (Å²) in [7, 11) is -2.68. The number of hydrogen-bond donors (Lipinski definition) is 2. The third-order valence-electron chi connectivity index (χ3n) is 2.05. The summed E-state index contributed by atoms with van der Waals surface area (Å²) in [6.07, 6.45) is 6.90. The molecule has 0 amide bonds. The highest BCUT2D eigenvalue weighted by Crippen LogP contribution is 2.25. The van der Waals surface area contributed by atoms with Gasteiger partial charge >= 0.3 is 7.40 Å². The minimum atomic E-state index is -2.68. The van der Waals surface area contributed by atoms with E-state index in [0.717, 1.165) is 5.56 Å². The maximum Gasteiger partial charge on any atom is 0.953 e. The van der Waals surface area contributed by atoms with Crippen LogP contribution in [-0.4, -0.2) is 7.40 Å². The van der Waals surface area contributed by atoms with Crippen LogP contribution in [0.2, 0.25) is 0 Å². The van der Waals surface area contributed by atoms with E-state index in [4.69, 9.17) is 6.42 Å². The fourth-order valence-electron chi connectivity index (χ4n) is 1.23. The second-order valence-corrected chi connectivity index (χ2v) is 3.32. The van der Waals surface area contributed by atoms with Gasteiger partial charge in [0.1, 0.15) is 11.8 Å². The number of benzene rings is 1. The van der Waals surface area contributed by atoms with Gasteiger partial charge in [0.05, 0.1) is 5.69 Å². The van der Waals surface area contributed by atoms with E-state index in [1.807, 2.05) is 6.11 Å². The minimum Gasteiger partial charge on any atom is -0.329 e. The number of anilines is 1. The second-order valence-electron chi connectivity index (χ2n) is 3.32. The molecule has 0 radical (unpaired) electrons. The van der Waals surface area contributed by atoms with Gasteiger partial charge in [-0.2, -0.15) is 0 Å². The van der Waals surface area contributed by atoms with Crippen molar-refractivity contribution < 1.29 is 18.5 Å². The molecule has 0 fully saturated rings. The molecule has 0 aromatic heterocycles. The van der Waals surface area contributed by atoms with E-state index in [1.54, 1.807) is 31.0 Å². The summed E-state index contributed by atoms with van der Waals surface area (Å²) >= 11 is 0. The zero-order valence-corrected chi connectivity index (χ0v) is 9.42. The largest absolute Gasteiger partial charge is 0.953 e. The Kier molecular flexibility index (Phi) is 4.46. The Bertz CT molecular complexity index is 471. The first-order valence-electron chi connectivity index (χ1n) is 4.77. The van der Waals surface area contributed by atoms with E-state index in [1.165, 1.54) is 0 Å².